The monoisotopic (exact) mass is 265 g/mol. The highest BCUT2D eigenvalue weighted by molar-refractivity contribution is 5.21. The largest absolute Gasteiger partial charge is 0.388 e. The van der Waals surface area contributed by atoms with E-state index in [-0.39, 0.29) is 18.5 Å². The lowest BCUT2D eigenvalue weighted by atomic mass is 10.1. The van der Waals surface area contributed by atoms with Gasteiger partial charge in [-0.3, -0.25) is 0 Å². The summed E-state index contributed by atoms with van der Waals surface area (Å²) in [5, 5.41) is 9.69. The second-order valence-electron chi connectivity index (χ2n) is 4.10. The van der Waals surface area contributed by atoms with Gasteiger partial charge in [0.1, 0.15) is 0 Å². The van der Waals surface area contributed by atoms with E-state index < -0.39 is 30.7 Å². The van der Waals surface area contributed by atoms with Crippen LogP contribution in [-0.2, 0) is 0 Å². The lowest BCUT2D eigenvalue weighted by molar-refractivity contribution is 0.0866. The van der Waals surface area contributed by atoms with Gasteiger partial charge in [-0.15, -0.1) is 0 Å². The smallest absolute Gasteiger partial charge is 0.251 e. The van der Waals surface area contributed by atoms with Crippen LogP contribution < -0.4 is 0 Å². The van der Waals surface area contributed by atoms with Crippen molar-refractivity contribution >= 4 is 0 Å². The van der Waals surface area contributed by atoms with Gasteiger partial charge < -0.3 is 10.0 Å². The highest BCUT2D eigenvalue weighted by atomic mass is 19.3. The first-order chi connectivity index (χ1) is 8.41. The molecule has 0 aliphatic rings. The predicted molar refractivity (Wildman–Crippen MR) is 59.4 cm³/mol. The second kappa shape index (κ2) is 6.70. The molecule has 0 saturated heterocycles. The van der Waals surface area contributed by atoms with Crippen LogP contribution >= 0.6 is 0 Å². The third-order valence-electron chi connectivity index (χ3n) is 2.57. The summed E-state index contributed by atoms with van der Waals surface area (Å²) in [4.78, 5) is 1.32. The van der Waals surface area contributed by atoms with Crippen molar-refractivity contribution in [2.24, 2.45) is 0 Å². The van der Waals surface area contributed by atoms with Crippen molar-refractivity contribution in [2.45, 2.75) is 19.0 Å². The van der Waals surface area contributed by atoms with E-state index in [0.29, 0.717) is 0 Å². The van der Waals surface area contributed by atoms with E-state index in [1.807, 2.05) is 0 Å². The van der Waals surface area contributed by atoms with Gasteiger partial charge in [0.05, 0.1) is 12.6 Å². The van der Waals surface area contributed by atoms with E-state index in [9.17, 15) is 22.7 Å². The van der Waals surface area contributed by atoms with Crippen LogP contribution in [0.15, 0.2) is 18.2 Å². The molecule has 0 radical (unpaired) electrons. The molecule has 2 nitrogen and oxygen atoms in total. The van der Waals surface area contributed by atoms with Gasteiger partial charge in [0.2, 0.25) is 0 Å². The highest BCUT2D eigenvalue weighted by Crippen LogP contribution is 2.21. The molecule has 18 heavy (non-hydrogen) atoms. The standard InChI is InChI=1S/C12H15F4NO/c1-17(7-11(14)15)6-5-10(18)8-3-2-4-9(13)12(8)16/h2-4,10-11,18H,5-7H2,1H3. The third kappa shape index (κ3) is 4.27. The first kappa shape index (κ1) is 14.9. The minimum atomic E-state index is -2.46. The number of aliphatic hydroxyl groups is 1. The van der Waals surface area contributed by atoms with Gasteiger partial charge in [-0.2, -0.15) is 0 Å². The predicted octanol–water partition coefficient (Wildman–Crippen LogP) is 2.59. The number of hydrogen-bond acceptors (Lipinski definition) is 2. The Morgan fingerprint density at radius 2 is 1.94 bits per heavy atom. The molecule has 6 heteroatoms. The molecule has 0 aromatic heterocycles. The fourth-order valence-corrected chi connectivity index (χ4v) is 1.60. The van der Waals surface area contributed by atoms with Crippen molar-refractivity contribution in [1.29, 1.82) is 0 Å². The quantitative estimate of drug-likeness (QED) is 0.799. The third-order valence-corrected chi connectivity index (χ3v) is 2.57. The number of rotatable bonds is 6. The number of benzene rings is 1. The molecule has 1 atom stereocenters. The zero-order valence-electron chi connectivity index (χ0n) is 9.91. The first-order valence-corrected chi connectivity index (χ1v) is 5.50. The molecule has 0 spiro atoms. The molecule has 0 amide bonds. The minimum absolute atomic E-state index is 0.0591. The van der Waals surface area contributed by atoms with Gasteiger partial charge in [0, 0.05) is 12.1 Å². The van der Waals surface area contributed by atoms with Crippen LogP contribution in [0.25, 0.3) is 0 Å². The molecule has 0 bridgehead atoms. The van der Waals surface area contributed by atoms with Crippen LogP contribution in [0.2, 0.25) is 0 Å². The Labute approximate surface area is 103 Å². The lowest BCUT2D eigenvalue weighted by Gasteiger charge is -2.18. The van der Waals surface area contributed by atoms with E-state index in [4.69, 9.17) is 0 Å². The van der Waals surface area contributed by atoms with Crippen molar-refractivity contribution in [2.75, 3.05) is 20.1 Å². The van der Waals surface area contributed by atoms with Crippen LogP contribution in [0.4, 0.5) is 17.6 Å². The molecule has 0 saturated carbocycles. The van der Waals surface area contributed by atoms with E-state index in [1.165, 1.54) is 24.1 Å². The summed E-state index contributed by atoms with van der Waals surface area (Å²) in [5.74, 6) is -2.13. The summed E-state index contributed by atoms with van der Waals surface area (Å²) in [6.45, 7) is -0.250. The molecule has 1 N–H and O–H groups in total. The first-order valence-electron chi connectivity index (χ1n) is 5.50. The van der Waals surface area contributed by atoms with Gasteiger partial charge >= 0.3 is 0 Å². The highest BCUT2D eigenvalue weighted by Gasteiger charge is 2.17. The Bertz CT molecular complexity index is 386. The summed E-state index contributed by atoms with van der Waals surface area (Å²) in [6, 6.07) is 3.52. The number of nitrogens with zero attached hydrogens (tertiary/aromatic N) is 1. The maximum atomic E-state index is 13.3. The Kier molecular flexibility index (Phi) is 5.55. The molecular weight excluding hydrogens is 250 g/mol. The summed E-state index contributed by atoms with van der Waals surface area (Å²) >= 11 is 0. The molecule has 102 valence electrons. The molecule has 0 aliphatic carbocycles. The topological polar surface area (TPSA) is 23.5 Å². The SMILES string of the molecule is CN(CCC(O)c1cccc(F)c1F)CC(F)F. The molecule has 0 aliphatic heterocycles. The van der Waals surface area contributed by atoms with Gasteiger partial charge in [-0.25, -0.2) is 17.6 Å². The zero-order valence-corrected chi connectivity index (χ0v) is 9.91. The molecule has 0 heterocycles. The van der Waals surface area contributed by atoms with E-state index in [1.54, 1.807) is 0 Å². The van der Waals surface area contributed by atoms with Crippen molar-refractivity contribution < 1.29 is 22.7 Å². The molecular formula is C12H15F4NO. The van der Waals surface area contributed by atoms with Crippen molar-refractivity contribution in [3.63, 3.8) is 0 Å². The van der Waals surface area contributed by atoms with Gasteiger partial charge in [0.15, 0.2) is 11.6 Å². The number of hydrogen-bond donors (Lipinski definition) is 1. The normalized spacial score (nSPS) is 13.3. The van der Waals surface area contributed by atoms with Gasteiger partial charge in [-0.1, -0.05) is 12.1 Å². The fourth-order valence-electron chi connectivity index (χ4n) is 1.60. The Hall–Kier alpha value is -1.14. The second-order valence-corrected chi connectivity index (χ2v) is 4.10. The van der Waals surface area contributed by atoms with Gasteiger partial charge in [-0.05, 0) is 19.5 Å². The summed E-state index contributed by atoms with van der Waals surface area (Å²) in [7, 11) is 1.47. The Balaban J connectivity index is 2.55. The number of alkyl halides is 2. The van der Waals surface area contributed by atoms with Crippen molar-refractivity contribution in [3.05, 3.63) is 35.4 Å². The number of aliphatic hydroxyl groups excluding tert-OH is 1. The Morgan fingerprint density at radius 1 is 1.28 bits per heavy atom. The lowest BCUT2D eigenvalue weighted by Crippen LogP contribution is -2.26. The van der Waals surface area contributed by atoms with Crippen LogP contribution in [0.1, 0.15) is 18.1 Å². The zero-order chi connectivity index (χ0) is 13.7. The minimum Gasteiger partial charge on any atom is -0.388 e. The molecule has 1 rings (SSSR count). The average Bonchev–Trinajstić information content (AvgIpc) is 2.29. The molecule has 1 unspecified atom stereocenters. The van der Waals surface area contributed by atoms with Crippen LogP contribution in [-0.4, -0.2) is 36.6 Å². The Morgan fingerprint density at radius 3 is 2.56 bits per heavy atom. The average molecular weight is 265 g/mol. The summed E-state index contributed by atoms with van der Waals surface area (Å²) < 4.78 is 50.3. The summed E-state index contributed by atoms with van der Waals surface area (Å²) in [5.41, 5.74) is -0.152. The van der Waals surface area contributed by atoms with Crippen LogP contribution in [0, 0.1) is 11.6 Å². The fraction of sp³-hybridized carbons (Fsp3) is 0.500. The van der Waals surface area contributed by atoms with Gasteiger partial charge in [0.25, 0.3) is 6.43 Å². The van der Waals surface area contributed by atoms with Crippen LogP contribution in [0.3, 0.4) is 0 Å². The summed E-state index contributed by atoms with van der Waals surface area (Å²) in [6.07, 6.45) is -3.61. The molecule has 1 aromatic rings. The molecule has 0 fully saturated rings. The van der Waals surface area contributed by atoms with E-state index in [0.717, 1.165) is 6.07 Å². The maximum absolute atomic E-state index is 13.3. The maximum Gasteiger partial charge on any atom is 0.251 e. The van der Waals surface area contributed by atoms with Crippen molar-refractivity contribution in [3.8, 4) is 0 Å². The van der Waals surface area contributed by atoms with E-state index >= 15 is 0 Å². The van der Waals surface area contributed by atoms with Crippen molar-refractivity contribution in [1.82, 2.24) is 4.90 Å². The van der Waals surface area contributed by atoms with E-state index in [2.05, 4.69) is 0 Å². The molecule has 1 aromatic carbocycles. The number of halogens is 4. The van der Waals surface area contributed by atoms with Crippen LogP contribution in [0.5, 0.6) is 0 Å².